The highest BCUT2D eigenvalue weighted by molar-refractivity contribution is 7.85. The Kier molecular flexibility index (Phi) is 3.44. The molecule has 7 heteroatoms. The number of anilines is 2. The monoisotopic (exact) mass is 316 g/mol. The van der Waals surface area contributed by atoms with E-state index in [0.717, 1.165) is 10.8 Å². The van der Waals surface area contributed by atoms with Crippen LogP contribution < -0.4 is 5.32 Å². The van der Waals surface area contributed by atoms with Gasteiger partial charge in [0.25, 0.3) is 10.1 Å². The average molecular weight is 316 g/mol. The molecule has 3 N–H and O–H groups in total. The minimum atomic E-state index is -4.21. The Bertz CT molecular complexity index is 937. The lowest BCUT2D eigenvalue weighted by Gasteiger charge is -2.09. The zero-order valence-electron chi connectivity index (χ0n) is 11.3. The molecule has 112 valence electrons. The van der Waals surface area contributed by atoms with Crippen LogP contribution in [-0.2, 0) is 10.1 Å². The molecule has 0 unspecified atom stereocenters. The number of aromatic hydroxyl groups is 1. The van der Waals surface area contributed by atoms with E-state index in [1.54, 1.807) is 24.4 Å². The molecule has 2 aromatic carbocycles. The Balaban J connectivity index is 1.98. The van der Waals surface area contributed by atoms with Crippen LogP contribution in [0.5, 0.6) is 5.75 Å². The van der Waals surface area contributed by atoms with Gasteiger partial charge in [0.2, 0.25) is 0 Å². The van der Waals surface area contributed by atoms with Crippen molar-refractivity contribution in [2.75, 3.05) is 5.32 Å². The number of phenolic OH excluding ortho intramolecular Hbond substituents is 1. The van der Waals surface area contributed by atoms with Crippen LogP contribution in [0, 0.1) is 0 Å². The summed E-state index contributed by atoms with van der Waals surface area (Å²) in [6.45, 7) is 0. The molecule has 0 spiro atoms. The van der Waals surface area contributed by atoms with Gasteiger partial charge in [0.15, 0.2) is 0 Å². The summed E-state index contributed by atoms with van der Waals surface area (Å²) in [5, 5.41) is 14.3. The van der Waals surface area contributed by atoms with Gasteiger partial charge in [-0.25, -0.2) is 4.98 Å². The molecular formula is C15H12N2O4S. The van der Waals surface area contributed by atoms with Crippen LogP contribution in [0.2, 0.25) is 0 Å². The van der Waals surface area contributed by atoms with Crippen molar-refractivity contribution in [3.05, 3.63) is 54.7 Å². The van der Waals surface area contributed by atoms with Crippen LogP contribution in [0.1, 0.15) is 0 Å². The molecular weight excluding hydrogens is 304 g/mol. The summed E-state index contributed by atoms with van der Waals surface area (Å²) in [6.07, 6.45) is 1.63. The second-order valence-corrected chi connectivity index (χ2v) is 6.11. The summed E-state index contributed by atoms with van der Waals surface area (Å²) >= 11 is 0. The lowest BCUT2D eigenvalue weighted by molar-refractivity contribution is 0.476. The van der Waals surface area contributed by atoms with Crippen LogP contribution in [0.3, 0.4) is 0 Å². The molecule has 0 amide bonds. The summed E-state index contributed by atoms with van der Waals surface area (Å²) in [4.78, 5) is 4.05. The van der Waals surface area contributed by atoms with Gasteiger partial charge in [0.1, 0.15) is 11.6 Å². The molecule has 0 saturated carbocycles. The Labute approximate surface area is 126 Å². The Hall–Kier alpha value is -2.64. The molecule has 3 aromatic rings. The number of nitrogens with one attached hydrogen (secondary N) is 1. The lowest BCUT2D eigenvalue weighted by Crippen LogP contribution is -1.99. The van der Waals surface area contributed by atoms with Crippen molar-refractivity contribution < 1.29 is 18.1 Å². The second-order valence-electron chi connectivity index (χ2n) is 4.69. The van der Waals surface area contributed by atoms with Gasteiger partial charge in [-0.2, -0.15) is 8.42 Å². The Morgan fingerprint density at radius 1 is 1.00 bits per heavy atom. The average Bonchev–Trinajstić information content (AvgIpc) is 2.47. The second kappa shape index (κ2) is 5.28. The number of phenols is 1. The van der Waals surface area contributed by atoms with E-state index in [1.807, 2.05) is 6.07 Å². The summed E-state index contributed by atoms with van der Waals surface area (Å²) in [5.41, 5.74) is 0.607. The molecule has 6 nitrogen and oxygen atoms in total. The van der Waals surface area contributed by atoms with E-state index in [9.17, 15) is 13.5 Å². The van der Waals surface area contributed by atoms with Crippen LogP contribution in [-0.4, -0.2) is 23.1 Å². The molecule has 0 aliphatic rings. The molecule has 0 aliphatic heterocycles. The smallest absolute Gasteiger partial charge is 0.294 e. The first kappa shape index (κ1) is 14.3. The van der Waals surface area contributed by atoms with Crippen molar-refractivity contribution in [3.63, 3.8) is 0 Å². The third-order valence-electron chi connectivity index (χ3n) is 3.16. The van der Waals surface area contributed by atoms with Crippen molar-refractivity contribution in [2.24, 2.45) is 0 Å². The SMILES string of the molecule is O=S(=O)(O)c1ccc(Nc2nccc3ccc(O)cc23)cc1. The van der Waals surface area contributed by atoms with E-state index in [-0.39, 0.29) is 10.6 Å². The number of aromatic nitrogens is 1. The van der Waals surface area contributed by atoms with Gasteiger partial charge in [-0.3, -0.25) is 4.55 Å². The van der Waals surface area contributed by atoms with Crippen LogP contribution in [0.15, 0.2) is 59.6 Å². The number of benzene rings is 2. The number of pyridine rings is 1. The molecule has 22 heavy (non-hydrogen) atoms. The predicted molar refractivity (Wildman–Crippen MR) is 82.9 cm³/mol. The first-order chi connectivity index (χ1) is 10.4. The summed E-state index contributed by atoms with van der Waals surface area (Å²) in [7, 11) is -4.21. The predicted octanol–water partition coefficient (Wildman–Crippen LogP) is 2.93. The molecule has 0 atom stereocenters. The number of hydrogen-bond donors (Lipinski definition) is 3. The molecule has 3 rings (SSSR count). The number of rotatable bonds is 3. The van der Waals surface area contributed by atoms with Crippen molar-refractivity contribution in [2.45, 2.75) is 4.90 Å². The fourth-order valence-corrected chi connectivity index (χ4v) is 2.58. The minimum absolute atomic E-state index is 0.130. The van der Waals surface area contributed by atoms with Gasteiger partial charge in [-0.05, 0) is 47.9 Å². The molecule has 1 aromatic heterocycles. The molecule has 0 bridgehead atoms. The maximum absolute atomic E-state index is 11.0. The van der Waals surface area contributed by atoms with Gasteiger partial charge >= 0.3 is 0 Å². The van der Waals surface area contributed by atoms with Crippen molar-refractivity contribution in [1.29, 1.82) is 0 Å². The number of fused-ring (bicyclic) bond motifs is 1. The number of hydrogen-bond acceptors (Lipinski definition) is 5. The van der Waals surface area contributed by atoms with Gasteiger partial charge < -0.3 is 10.4 Å². The zero-order chi connectivity index (χ0) is 15.7. The van der Waals surface area contributed by atoms with Crippen LogP contribution in [0.4, 0.5) is 11.5 Å². The summed E-state index contributed by atoms with van der Waals surface area (Å²) in [6, 6.07) is 12.4. The van der Waals surface area contributed by atoms with Crippen LogP contribution in [0.25, 0.3) is 10.8 Å². The first-order valence-corrected chi connectivity index (χ1v) is 7.80. The molecule has 0 aliphatic carbocycles. The van der Waals surface area contributed by atoms with Crippen molar-refractivity contribution >= 4 is 32.4 Å². The Morgan fingerprint density at radius 2 is 1.73 bits per heavy atom. The van der Waals surface area contributed by atoms with E-state index in [0.29, 0.717) is 11.5 Å². The Morgan fingerprint density at radius 3 is 2.41 bits per heavy atom. The minimum Gasteiger partial charge on any atom is -0.508 e. The van der Waals surface area contributed by atoms with Crippen LogP contribution >= 0.6 is 0 Å². The zero-order valence-corrected chi connectivity index (χ0v) is 12.1. The number of nitrogens with zero attached hydrogens (tertiary/aromatic N) is 1. The molecule has 1 heterocycles. The van der Waals surface area contributed by atoms with Gasteiger partial charge in [0.05, 0.1) is 4.90 Å². The quantitative estimate of drug-likeness (QED) is 0.642. The van der Waals surface area contributed by atoms with E-state index < -0.39 is 10.1 Å². The van der Waals surface area contributed by atoms with E-state index in [2.05, 4.69) is 10.3 Å². The lowest BCUT2D eigenvalue weighted by atomic mass is 10.1. The van der Waals surface area contributed by atoms with Crippen molar-refractivity contribution in [3.8, 4) is 5.75 Å². The highest BCUT2D eigenvalue weighted by Gasteiger charge is 2.09. The molecule has 0 radical (unpaired) electrons. The normalized spacial score (nSPS) is 11.5. The summed E-state index contributed by atoms with van der Waals surface area (Å²) in [5.74, 6) is 0.665. The molecule has 0 saturated heterocycles. The van der Waals surface area contributed by atoms with Gasteiger partial charge in [-0.1, -0.05) is 6.07 Å². The van der Waals surface area contributed by atoms with E-state index in [1.165, 1.54) is 24.3 Å². The largest absolute Gasteiger partial charge is 0.508 e. The standard InChI is InChI=1S/C15H12N2O4S/c18-12-4-1-10-7-8-16-15(14(10)9-12)17-11-2-5-13(6-3-11)22(19,20)21/h1-9,18H,(H,16,17)(H,19,20,21). The topological polar surface area (TPSA) is 99.5 Å². The van der Waals surface area contributed by atoms with Gasteiger partial charge in [0, 0.05) is 17.3 Å². The van der Waals surface area contributed by atoms with Crippen molar-refractivity contribution in [1.82, 2.24) is 4.98 Å². The maximum atomic E-state index is 11.0. The molecule has 0 fully saturated rings. The first-order valence-electron chi connectivity index (χ1n) is 6.36. The van der Waals surface area contributed by atoms with E-state index in [4.69, 9.17) is 4.55 Å². The van der Waals surface area contributed by atoms with E-state index >= 15 is 0 Å². The third-order valence-corrected chi connectivity index (χ3v) is 4.03. The fourth-order valence-electron chi connectivity index (χ4n) is 2.10. The third kappa shape index (κ3) is 2.85. The van der Waals surface area contributed by atoms with Gasteiger partial charge in [-0.15, -0.1) is 0 Å². The highest BCUT2D eigenvalue weighted by atomic mass is 32.2. The fraction of sp³-hybridized carbons (Fsp3) is 0. The maximum Gasteiger partial charge on any atom is 0.294 e. The summed E-state index contributed by atoms with van der Waals surface area (Å²) < 4.78 is 31.0. The highest BCUT2D eigenvalue weighted by Crippen LogP contribution is 2.27.